The molecule has 0 radical (unpaired) electrons. The molecule has 1 aromatic carbocycles. The number of carbonyl (C=O) groups is 2. The number of hydrogen-bond donors (Lipinski definition) is 1. The van der Waals surface area contributed by atoms with Crippen LogP contribution in [0.1, 0.15) is 28.8 Å². The predicted molar refractivity (Wildman–Crippen MR) is 57.5 cm³/mol. The van der Waals surface area contributed by atoms with Gasteiger partial charge in [-0.15, -0.1) is 0 Å². The number of fused-ring (bicyclic) bond motifs is 2. The van der Waals surface area contributed by atoms with Crippen LogP contribution in [0.3, 0.4) is 0 Å². The van der Waals surface area contributed by atoms with Gasteiger partial charge in [0, 0.05) is 18.5 Å². The third-order valence-electron chi connectivity index (χ3n) is 3.23. The van der Waals surface area contributed by atoms with Gasteiger partial charge in [0.05, 0.1) is 0 Å². The third-order valence-corrected chi connectivity index (χ3v) is 3.23. The molecule has 16 heavy (non-hydrogen) atoms. The van der Waals surface area contributed by atoms with Crippen molar-refractivity contribution in [3.05, 3.63) is 35.4 Å². The lowest BCUT2D eigenvalue weighted by Crippen LogP contribution is -2.42. The van der Waals surface area contributed by atoms with Crippen molar-refractivity contribution < 1.29 is 9.59 Å². The van der Waals surface area contributed by atoms with Crippen molar-refractivity contribution in [2.24, 2.45) is 0 Å². The Bertz CT molecular complexity index is 470. The maximum atomic E-state index is 11.9. The molecular formula is C12H12N2O2. The second-order valence-electron chi connectivity index (χ2n) is 4.21. The van der Waals surface area contributed by atoms with Crippen LogP contribution in [0.25, 0.3) is 0 Å². The van der Waals surface area contributed by atoms with Gasteiger partial charge in [-0.1, -0.05) is 18.2 Å². The van der Waals surface area contributed by atoms with E-state index in [1.54, 1.807) is 11.0 Å². The molecule has 1 atom stereocenters. The standard InChI is InChI=1S/C12H12N2O2/c15-11-6-5-10-13-12(16)9-4-2-1-3-8(9)7-14(10)11/h1-4,10H,5-7H2,(H,13,16). The van der Waals surface area contributed by atoms with Crippen LogP contribution in [0.5, 0.6) is 0 Å². The van der Waals surface area contributed by atoms with Gasteiger partial charge in [-0.05, 0) is 18.1 Å². The van der Waals surface area contributed by atoms with Crippen molar-refractivity contribution >= 4 is 11.8 Å². The third kappa shape index (κ3) is 1.30. The SMILES string of the molecule is O=C1NC2CCC(=O)N2Cc2ccccc21. The fourth-order valence-corrected chi connectivity index (χ4v) is 2.37. The van der Waals surface area contributed by atoms with Gasteiger partial charge in [-0.25, -0.2) is 0 Å². The van der Waals surface area contributed by atoms with Crippen molar-refractivity contribution in [2.45, 2.75) is 25.6 Å². The van der Waals surface area contributed by atoms with E-state index in [0.717, 1.165) is 12.0 Å². The normalized spacial score (nSPS) is 23.5. The second kappa shape index (κ2) is 3.33. The van der Waals surface area contributed by atoms with Crippen molar-refractivity contribution in [2.75, 3.05) is 0 Å². The van der Waals surface area contributed by atoms with Gasteiger partial charge in [0.25, 0.3) is 5.91 Å². The highest BCUT2D eigenvalue weighted by molar-refractivity contribution is 5.97. The number of amides is 2. The summed E-state index contributed by atoms with van der Waals surface area (Å²) in [5, 5.41) is 2.89. The van der Waals surface area contributed by atoms with E-state index in [-0.39, 0.29) is 18.0 Å². The lowest BCUT2D eigenvalue weighted by atomic mass is 10.1. The number of nitrogens with one attached hydrogen (secondary N) is 1. The Morgan fingerprint density at radius 3 is 2.94 bits per heavy atom. The Labute approximate surface area is 93.2 Å². The van der Waals surface area contributed by atoms with Gasteiger partial charge in [0.1, 0.15) is 6.17 Å². The van der Waals surface area contributed by atoms with E-state index in [1.165, 1.54) is 0 Å². The molecule has 0 bridgehead atoms. The Morgan fingerprint density at radius 1 is 1.25 bits per heavy atom. The van der Waals surface area contributed by atoms with E-state index in [9.17, 15) is 9.59 Å². The van der Waals surface area contributed by atoms with Crippen molar-refractivity contribution in [3.8, 4) is 0 Å². The van der Waals surface area contributed by atoms with Crippen LogP contribution < -0.4 is 5.32 Å². The summed E-state index contributed by atoms with van der Waals surface area (Å²) in [5.41, 5.74) is 1.61. The Hall–Kier alpha value is -1.84. The second-order valence-corrected chi connectivity index (χ2v) is 4.21. The summed E-state index contributed by atoms with van der Waals surface area (Å²) in [6, 6.07) is 7.45. The molecule has 1 N–H and O–H groups in total. The number of benzene rings is 1. The van der Waals surface area contributed by atoms with Crippen LogP contribution in [0, 0.1) is 0 Å². The average molecular weight is 216 g/mol. The monoisotopic (exact) mass is 216 g/mol. The molecule has 2 aliphatic heterocycles. The van der Waals surface area contributed by atoms with E-state index in [0.29, 0.717) is 18.5 Å². The molecule has 1 aromatic rings. The smallest absolute Gasteiger partial charge is 0.253 e. The average Bonchev–Trinajstić information content (AvgIpc) is 2.56. The summed E-state index contributed by atoms with van der Waals surface area (Å²) in [6.45, 7) is 0.540. The highest BCUT2D eigenvalue weighted by atomic mass is 16.2. The van der Waals surface area contributed by atoms with Crippen LogP contribution in [-0.4, -0.2) is 22.9 Å². The minimum absolute atomic E-state index is 0.0715. The molecule has 2 heterocycles. The van der Waals surface area contributed by atoms with Crippen molar-refractivity contribution in [1.82, 2.24) is 10.2 Å². The van der Waals surface area contributed by atoms with E-state index in [2.05, 4.69) is 5.32 Å². The highest BCUT2D eigenvalue weighted by Crippen LogP contribution is 2.24. The highest BCUT2D eigenvalue weighted by Gasteiger charge is 2.35. The number of carbonyl (C=O) groups excluding carboxylic acids is 2. The molecule has 2 amide bonds. The molecule has 0 saturated carbocycles. The molecule has 3 rings (SSSR count). The van der Waals surface area contributed by atoms with E-state index in [4.69, 9.17) is 0 Å². The lowest BCUT2D eigenvalue weighted by molar-refractivity contribution is -0.129. The fraction of sp³-hybridized carbons (Fsp3) is 0.333. The van der Waals surface area contributed by atoms with Gasteiger partial charge < -0.3 is 10.2 Å². The van der Waals surface area contributed by atoms with E-state index >= 15 is 0 Å². The van der Waals surface area contributed by atoms with Crippen molar-refractivity contribution in [1.29, 1.82) is 0 Å². The molecule has 1 fully saturated rings. The van der Waals surface area contributed by atoms with E-state index in [1.807, 2.05) is 18.2 Å². The van der Waals surface area contributed by atoms with Crippen LogP contribution in [0.15, 0.2) is 24.3 Å². The maximum absolute atomic E-state index is 11.9. The topological polar surface area (TPSA) is 49.4 Å². The summed E-state index contributed by atoms with van der Waals surface area (Å²) in [7, 11) is 0. The first-order valence-electron chi connectivity index (χ1n) is 5.44. The van der Waals surface area contributed by atoms with Crippen molar-refractivity contribution in [3.63, 3.8) is 0 Å². The molecule has 82 valence electrons. The molecule has 4 nitrogen and oxygen atoms in total. The summed E-state index contributed by atoms with van der Waals surface area (Å²) >= 11 is 0. The summed E-state index contributed by atoms with van der Waals surface area (Å²) < 4.78 is 0. The zero-order valence-corrected chi connectivity index (χ0v) is 8.77. The quantitative estimate of drug-likeness (QED) is 0.699. The first-order chi connectivity index (χ1) is 7.75. The lowest BCUT2D eigenvalue weighted by Gasteiger charge is -2.22. The van der Waals surface area contributed by atoms with Crippen LogP contribution in [0.2, 0.25) is 0 Å². The predicted octanol–water partition coefficient (Wildman–Crippen LogP) is 0.878. The minimum Gasteiger partial charge on any atom is -0.332 e. The Morgan fingerprint density at radius 2 is 2.06 bits per heavy atom. The molecule has 1 saturated heterocycles. The molecule has 0 aromatic heterocycles. The van der Waals surface area contributed by atoms with Gasteiger partial charge in [-0.2, -0.15) is 0 Å². The molecule has 0 spiro atoms. The number of hydrogen-bond acceptors (Lipinski definition) is 2. The first-order valence-corrected chi connectivity index (χ1v) is 5.44. The Kier molecular flexibility index (Phi) is 1.96. The number of rotatable bonds is 0. The molecule has 2 aliphatic rings. The summed E-state index contributed by atoms with van der Waals surface area (Å²) in [5.74, 6) is 0.0554. The van der Waals surface area contributed by atoms with Gasteiger partial charge >= 0.3 is 0 Å². The zero-order chi connectivity index (χ0) is 11.1. The Balaban J connectivity index is 2.04. The first kappa shape index (κ1) is 9.39. The van der Waals surface area contributed by atoms with Crippen LogP contribution in [-0.2, 0) is 11.3 Å². The minimum atomic E-state index is -0.118. The molecule has 0 aliphatic carbocycles. The fourth-order valence-electron chi connectivity index (χ4n) is 2.37. The molecular weight excluding hydrogens is 204 g/mol. The van der Waals surface area contributed by atoms with Gasteiger partial charge in [0.2, 0.25) is 5.91 Å². The van der Waals surface area contributed by atoms with Gasteiger partial charge in [-0.3, -0.25) is 9.59 Å². The molecule has 1 unspecified atom stereocenters. The number of nitrogens with zero attached hydrogens (tertiary/aromatic N) is 1. The van der Waals surface area contributed by atoms with Gasteiger partial charge in [0.15, 0.2) is 0 Å². The summed E-state index contributed by atoms with van der Waals surface area (Å²) in [6.07, 6.45) is 1.14. The largest absolute Gasteiger partial charge is 0.332 e. The van der Waals surface area contributed by atoms with Crippen LogP contribution >= 0.6 is 0 Å². The maximum Gasteiger partial charge on any atom is 0.253 e. The zero-order valence-electron chi connectivity index (χ0n) is 8.77. The summed E-state index contributed by atoms with van der Waals surface area (Å²) in [4.78, 5) is 25.3. The van der Waals surface area contributed by atoms with E-state index < -0.39 is 0 Å². The van der Waals surface area contributed by atoms with Crippen LogP contribution in [0.4, 0.5) is 0 Å². The molecule has 4 heteroatoms.